The molecule has 0 amide bonds. The van der Waals surface area contributed by atoms with E-state index < -0.39 is 0 Å². The van der Waals surface area contributed by atoms with E-state index in [1.807, 2.05) is 19.1 Å². The predicted octanol–water partition coefficient (Wildman–Crippen LogP) is 4.00. The number of halogens is 1. The van der Waals surface area contributed by atoms with Gasteiger partial charge < -0.3 is 10.6 Å². The minimum atomic E-state index is -0.127. The Morgan fingerprint density at radius 2 is 2.21 bits per heavy atom. The highest BCUT2D eigenvalue weighted by molar-refractivity contribution is 5.50. The summed E-state index contributed by atoms with van der Waals surface area (Å²) in [6, 6.07) is 5.84. The molecule has 19 heavy (non-hydrogen) atoms. The molecule has 2 unspecified atom stereocenters. The highest BCUT2D eigenvalue weighted by Gasteiger charge is 2.24. The highest BCUT2D eigenvalue weighted by Crippen LogP contribution is 2.30. The topological polar surface area (TPSA) is 29.3 Å². The highest BCUT2D eigenvalue weighted by atomic mass is 19.1. The smallest absolute Gasteiger partial charge is 0.146 e. The Labute approximate surface area is 115 Å². The molecule has 0 bridgehead atoms. The SMILES string of the molecule is CCCC1CCCCN1c1ccc(C(C)N)cc1F. The first-order valence-electron chi connectivity index (χ1n) is 7.45. The lowest BCUT2D eigenvalue weighted by Gasteiger charge is -2.38. The van der Waals surface area contributed by atoms with Crippen LogP contribution in [0, 0.1) is 5.82 Å². The monoisotopic (exact) mass is 264 g/mol. The maximum Gasteiger partial charge on any atom is 0.146 e. The number of rotatable bonds is 4. The molecule has 1 fully saturated rings. The first-order valence-corrected chi connectivity index (χ1v) is 7.45. The number of benzene rings is 1. The molecule has 2 nitrogen and oxygen atoms in total. The Morgan fingerprint density at radius 3 is 2.84 bits per heavy atom. The van der Waals surface area contributed by atoms with Gasteiger partial charge in [0, 0.05) is 18.6 Å². The third-order valence-corrected chi connectivity index (χ3v) is 4.06. The maximum absolute atomic E-state index is 14.3. The normalized spacial score (nSPS) is 21.5. The lowest BCUT2D eigenvalue weighted by atomic mass is 9.97. The number of hydrogen-bond acceptors (Lipinski definition) is 2. The number of nitrogens with zero attached hydrogens (tertiary/aromatic N) is 1. The fraction of sp³-hybridized carbons (Fsp3) is 0.625. The van der Waals surface area contributed by atoms with Crippen molar-refractivity contribution in [1.82, 2.24) is 0 Å². The molecule has 3 heteroatoms. The molecule has 1 saturated heterocycles. The lowest BCUT2D eigenvalue weighted by Crippen LogP contribution is -2.40. The van der Waals surface area contributed by atoms with Crippen LogP contribution in [-0.2, 0) is 0 Å². The second-order valence-corrected chi connectivity index (χ2v) is 5.63. The van der Waals surface area contributed by atoms with E-state index in [0.29, 0.717) is 6.04 Å². The fourth-order valence-corrected chi connectivity index (χ4v) is 2.99. The Hall–Kier alpha value is -1.09. The van der Waals surface area contributed by atoms with Gasteiger partial charge in [0.05, 0.1) is 5.69 Å². The Morgan fingerprint density at radius 1 is 1.42 bits per heavy atom. The molecule has 1 aromatic rings. The molecule has 2 rings (SSSR count). The number of piperidine rings is 1. The predicted molar refractivity (Wildman–Crippen MR) is 78.9 cm³/mol. The van der Waals surface area contributed by atoms with Crippen molar-refractivity contribution < 1.29 is 4.39 Å². The summed E-state index contributed by atoms with van der Waals surface area (Å²) in [4.78, 5) is 2.26. The second kappa shape index (κ2) is 6.38. The van der Waals surface area contributed by atoms with E-state index in [1.165, 1.54) is 12.8 Å². The summed E-state index contributed by atoms with van der Waals surface area (Å²) in [5, 5.41) is 0. The summed E-state index contributed by atoms with van der Waals surface area (Å²) >= 11 is 0. The van der Waals surface area contributed by atoms with E-state index in [9.17, 15) is 4.39 Å². The number of anilines is 1. The molecule has 1 aliphatic heterocycles. The first-order chi connectivity index (χ1) is 9.13. The maximum atomic E-state index is 14.3. The van der Waals surface area contributed by atoms with E-state index in [2.05, 4.69) is 11.8 Å². The molecule has 1 heterocycles. The standard InChI is InChI=1S/C16H25FN2/c1-3-6-14-7-4-5-10-19(14)16-9-8-13(12(2)18)11-15(16)17/h8-9,11-12,14H,3-7,10,18H2,1-2H3. The van der Waals surface area contributed by atoms with Crippen LogP contribution in [0.1, 0.15) is 57.6 Å². The molecule has 0 saturated carbocycles. The minimum absolute atomic E-state index is 0.114. The van der Waals surface area contributed by atoms with Gasteiger partial charge in [-0.25, -0.2) is 4.39 Å². The van der Waals surface area contributed by atoms with Crippen molar-refractivity contribution in [2.45, 2.75) is 58.0 Å². The van der Waals surface area contributed by atoms with Crippen LogP contribution in [0.25, 0.3) is 0 Å². The largest absolute Gasteiger partial charge is 0.366 e. The Balaban J connectivity index is 2.23. The Kier molecular flexibility index (Phi) is 4.81. The van der Waals surface area contributed by atoms with Gasteiger partial charge in [-0.3, -0.25) is 0 Å². The molecule has 2 N–H and O–H groups in total. The molecule has 0 radical (unpaired) electrons. The Bertz CT molecular complexity index is 415. The molecule has 1 aromatic carbocycles. The molecule has 0 aliphatic carbocycles. The van der Waals surface area contributed by atoms with Gasteiger partial charge in [0.2, 0.25) is 0 Å². The van der Waals surface area contributed by atoms with Crippen LogP contribution in [0.15, 0.2) is 18.2 Å². The van der Waals surface area contributed by atoms with E-state index in [1.54, 1.807) is 6.07 Å². The number of hydrogen-bond donors (Lipinski definition) is 1. The van der Waals surface area contributed by atoms with Crippen molar-refractivity contribution in [2.24, 2.45) is 5.73 Å². The van der Waals surface area contributed by atoms with Gasteiger partial charge in [-0.15, -0.1) is 0 Å². The molecular formula is C16H25FN2. The van der Waals surface area contributed by atoms with E-state index in [-0.39, 0.29) is 11.9 Å². The first kappa shape index (κ1) is 14.3. The van der Waals surface area contributed by atoms with Gasteiger partial charge >= 0.3 is 0 Å². The summed E-state index contributed by atoms with van der Waals surface area (Å²) in [7, 11) is 0. The molecular weight excluding hydrogens is 239 g/mol. The van der Waals surface area contributed by atoms with Crippen molar-refractivity contribution >= 4 is 5.69 Å². The molecule has 106 valence electrons. The molecule has 0 aromatic heterocycles. The summed E-state index contributed by atoms with van der Waals surface area (Å²) in [5.41, 5.74) is 7.42. The van der Waals surface area contributed by atoms with Crippen molar-refractivity contribution in [3.63, 3.8) is 0 Å². The summed E-state index contributed by atoms with van der Waals surface area (Å²) in [6.07, 6.45) is 5.91. The van der Waals surface area contributed by atoms with Gasteiger partial charge in [-0.1, -0.05) is 19.4 Å². The average molecular weight is 264 g/mol. The van der Waals surface area contributed by atoms with Crippen LogP contribution in [0.4, 0.5) is 10.1 Å². The van der Waals surface area contributed by atoms with Crippen LogP contribution < -0.4 is 10.6 Å². The van der Waals surface area contributed by atoms with Crippen LogP contribution in [0.5, 0.6) is 0 Å². The average Bonchev–Trinajstić information content (AvgIpc) is 2.40. The minimum Gasteiger partial charge on any atom is -0.366 e. The van der Waals surface area contributed by atoms with Gasteiger partial charge in [-0.05, 0) is 50.3 Å². The van der Waals surface area contributed by atoms with Crippen molar-refractivity contribution in [2.75, 3.05) is 11.4 Å². The summed E-state index contributed by atoms with van der Waals surface area (Å²) < 4.78 is 14.3. The van der Waals surface area contributed by atoms with Crippen molar-refractivity contribution in [1.29, 1.82) is 0 Å². The van der Waals surface area contributed by atoms with Crippen LogP contribution in [-0.4, -0.2) is 12.6 Å². The van der Waals surface area contributed by atoms with Crippen LogP contribution in [0.3, 0.4) is 0 Å². The van der Waals surface area contributed by atoms with Gasteiger partial charge in [-0.2, -0.15) is 0 Å². The van der Waals surface area contributed by atoms with Crippen LogP contribution >= 0.6 is 0 Å². The third kappa shape index (κ3) is 3.27. The van der Waals surface area contributed by atoms with E-state index >= 15 is 0 Å². The summed E-state index contributed by atoms with van der Waals surface area (Å²) in [5.74, 6) is -0.127. The molecule has 1 aliphatic rings. The van der Waals surface area contributed by atoms with Gasteiger partial charge in [0.1, 0.15) is 5.82 Å². The van der Waals surface area contributed by atoms with Crippen molar-refractivity contribution in [3.05, 3.63) is 29.6 Å². The van der Waals surface area contributed by atoms with E-state index in [0.717, 1.165) is 37.1 Å². The van der Waals surface area contributed by atoms with Gasteiger partial charge in [0.25, 0.3) is 0 Å². The van der Waals surface area contributed by atoms with Crippen molar-refractivity contribution in [3.8, 4) is 0 Å². The quantitative estimate of drug-likeness (QED) is 0.890. The zero-order valence-corrected chi connectivity index (χ0v) is 12.0. The fourth-order valence-electron chi connectivity index (χ4n) is 2.99. The zero-order chi connectivity index (χ0) is 13.8. The van der Waals surface area contributed by atoms with Crippen LogP contribution in [0.2, 0.25) is 0 Å². The second-order valence-electron chi connectivity index (χ2n) is 5.63. The third-order valence-electron chi connectivity index (χ3n) is 4.06. The summed E-state index contributed by atoms with van der Waals surface area (Å²) in [6.45, 7) is 5.05. The lowest BCUT2D eigenvalue weighted by molar-refractivity contribution is 0.429. The van der Waals surface area contributed by atoms with Gasteiger partial charge in [0.15, 0.2) is 0 Å². The zero-order valence-electron chi connectivity index (χ0n) is 12.0. The molecule has 0 spiro atoms. The number of nitrogens with two attached hydrogens (primary N) is 1. The molecule has 2 atom stereocenters. The van der Waals surface area contributed by atoms with E-state index in [4.69, 9.17) is 5.73 Å².